The van der Waals surface area contributed by atoms with Crippen molar-refractivity contribution in [3.63, 3.8) is 0 Å². The second kappa shape index (κ2) is 5.50. The summed E-state index contributed by atoms with van der Waals surface area (Å²) in [5, 5.41) is 0. The SMILES string of the molecule is COc1ccc(Br)cc1S(=O)(=O)N=CN(C)C. The quantitative estimate of drug-likeness (QED) is 0.626. The predicted octanol–water partition coefficient (Wildman–Crippen LogP) is 1.74. The molecule has 0 bridgehead atoms. The van der Waals surface area contributed by atoms with Crippen LogP contribution in [0.2, 0.25) is 0 Å². The summed E-state index contributed by atoms with van der Waals surface area (Å²) in [6, 6.07) is 4.73. The van der Waals surface area contributed by atoms with Crippen molar-refractivity contribution in [1.82, 2.24) is 4.90 Å². The van der Waals surface area contributed by atoms with Crippen molar-refractivity contribution >= 4 is 32.3 Å². The van der Waals surface area contributed by atoms with Crippen molar-refractivity contribution in [3.05, 3.63) is 22.7 Å². The van der Waals surface area contributed by atoms with E-state index in [1.165, 1.54) is 19.5 Å². The molecule has 0 aliphatic heterocycles. The van der Waals surface area contributed by atoms with Gasteiger partial charge < -0.3 is 9.64 Å². The maximum atomic E-state index is 11.9. The summed E-state index contributed by atoms with van der Waals surface area (Å²) < 4.78 is 33.1. The number of sulfonamides is 1. The van der Waals surface area contributed by atoms with Gasteiger partial charge in [0.25, 0.3) is 10.0 Å². The first-order valence-corrected chi connectivity index (χ1v) is 6.90. The highest BCUT2D eigenvalue weighted by atomic mass is 79.9. The molecule has 0 saturated carbocycles. The van der Waals surface area contributed by atoms with Crippen LogP contribution in [-0.2, 0) is 10.0 Å². The molecule has 0 saturated heterocycles. The summed E-state index contributed by atoms with van der Waals surface area (Å²) in [6.45, 7) is 0. The Morgan fingerprint density at radius 1 is 1.41 bits per heavy atom. The largest absolute Gasteiger partial charge is 0.495 e. The van der Waals surface area contributed by atoms with E-state index in [4.69, 9.17) is 4.74 Å². The van der Waals surface area contributed by atoms with E-state index in [9.17, 15) is 8.42 Å². The highest BCUT2D eigenvalue weighted by Gasteiger charge is 2.18. The Labute approximate surface area is 109 Å². The summed E-state index contributed by atoms with van der Waals surface area (Å²) in [4.78, 5) is 1.58. The second-order valence-electron chi connectivity index (χ2n) is 3.45. The maximum absolute atomic E-state index is 11.9. The summed E-state index contributed by atoms with van der Waals surface area (Å²) in [7, 11) is 1.05. The highest BCUT2D eigenvalue weighted by molar-refractivity contribution is 9.10. The zero-order valence-electron chi connectivity index (χ0n) is 9.71. The fourth-order valence-corrected chi connectivity index (χ4v) is 2.69. The first-order valence-electron chi connectivity index (χ1n) is 4.67. The van der Waals surface area contributed by atoms with Gasteiger partial charge in [0.1, 0.15) is 17.0 Å². The minimum absolute atomic E-state index is 0.0347. The molecule has 7 heteroatoms. The molecule has 1 aromatic carbocycles. The normalized spacial score (nSPS) is 11.8. The number of benzene rings is 1. The van der Waals surface area contributed by atoms with Crippen LogP contribution in [0.25, 0.3) is 0 Å². The summed E-state index contributed by atoms with van der Waals surface area (Å²) in [6.07, 6.45) is 1.23. The molecule has 0 amide bonds. The zero-order chi connectivity index (χ0) is 13.1. The van der Waals surface area contributed by atoms with Crippen molar-refractivity contribution in [2.45, 2.75) is 4.90 Å². The molecular weight excluding hydrogens is 308 g/mol. The first-order chi connectivity index (χ1) is 7.86. The Morgan fingerprint density at radius 3 is 2.59 bits per heavy atom. The minimum Gasteiger partial charge on any atom is -0.495 e. The van der Waals surface area contributed by atoms with Crippen molar-refractivity contribution in [3.8, 4) is 5.75 Å². The minimum atomic E-state index is -3.75. The predicted molar refractivity (Wildman–Crippen MR) is 70.1 cm³/mol. The first kappa shape index (κ1) is 14.0. The molecule has 5 nitrogen and oxygen atoms in total. The molecule has 0 aliphatic rings. The van der Waals surface area contributed by atoms with Gasteiger partial charge in [-0.15, -0.1) is 4.40 Å². The molecule has 1 aromatic rings. The molecule has 0 spiro atoms. The highest BCUT2D eigenvalue weighted by Crippen LogP contribution is 2.28. The van der Waals surface area contributed by atoms with Gasteiger partial charge >= 0.3 is 0 Å². The van der Waals surface area contributed by atoms with Gasteiger partial charge in [-0.1, -0.05) is 15.9 Å². The molecule has 1 rings (SSSR count). The van der Waals surface area contributed by atoms with Gasteiger partial charge in [0.15, 0.2) is 0 Å². The number of rotatable bonds is 4. The van der Waals surface area contributed by atoms with Crippen LogP contribution in [0.5, 0.6) is 5.75 Å². The van der Waals surface area contributed by atoms with E-state index in [1.807, 2.05) is 0 Å². The molecule has 0 aromatic heterocycles. The van der Waals surface area contributed by atoms with Gasteiger partial charge in [-0.3, -0.25) is 0 Å². The molecule has 0 fully saturated rings. The van der Waals surface area contributed by atoms with E-state index < -0.39 is 10.0 Å². The number of methoxy groups -OCH3 is 1. The van der Waals surface area contributed by atoms with E-state index in [0.717, 1.165) is 0 Å². The van der Waals surface area contributed by atoms with E-state index >= 15 is 0 Å². The van der Waals surface area contributed by atoms with E-state index in [0.29, 0.717) is 4.47 Å². The molecule has 0 unspecified atom stereocenters. The van der Waals surface area contributed by atoms with Crippen LogP contribution in [0.4, 0.5) is 0 Å². The molecule has 0 heterocycles. The van der Waals surface area contributed by atoms with Crippen LogP contribution in [0, 0.1) is 0 Å². The monoisotopic (exact) mass is 320 g/mol. The number of nitrogens with zero attached hydrogens (tertiary/aromatic N) is 2. The van der Waals surface area contributed by atoms with Gasteiger partial charge in [0.05, 0.1) is 7.11 Å². The average Bonchev–Trinajstić information content (AvgIpc) is 2.26. The van der Waals surface area contributed by atoms with Crippen molar-refractivity contribution in [2.24, 2.45) is 4.40 Å². The Bertz CT molecular complexity index is 526. The van der Waals surface area contributed by atoms with Crippen LogP contribution in [0.1, 0.15) is 0 Å². The molecule has 94 valence electrons. The van der Waals surface area contributed by atoms with Gasteiger partial charge in [-0.25, -0.2) is 0 Å². The van der Waals surface area contributed by atoms with Crippen LogP contribution in [-0.4, -0.2) is 40.9 Å². The third-order valence-corrected chi connectivity index (χ3v) is 3.56. The number of ether oxygens (including phenoxy) is 1. The molecule has 17 heavy (non-hydrogen) atoms. The van der Waals surface area contributed by atoms with Gasteiger partial charge in [-0.2, -0.15) is 8.42 Å². The molecule has 0 radical (unpaired) electrons. The van der Waals surface area contributed by atoms with Crippen molar-refractivity contribution in [1.29, 1.82) is 0 Å². The number of hydrogen-bond donors (Lipinski definition) is 0. The Balaban J connectivity index is 3.27. The standard InChI is InChI=1S/C10H13BrN2O3S/c1-13(2)7-12-17(14,15)10-6-8(11)4-5-9(10)16-3/h4-7H,1-3H3. The Hall–Kier alpha value is -1.08. The van der Waals surface area contributed by atoms with Crippen LogP contribution in [0.15, 0.2) is 32.0 Å². The van der Waals surface area contributed by atoms with E-state index in [-0.39, 0.29) is 10.6 Å². The fourth-order valence-electron chi connectivity index (χ4n) is 1.07. The lowest BCUT2D eigenvalue weighted by molar-refractivity contribution is 0.402. The van der Waals surface area contributed by atoms with E-state index in [2.05, 4.69) is 20.3 Å². The summed E-state index contributed by atoms with van der Waals surface area (Å²) >= 11 is 3.22. The van der Waals surface area contributed by atoms with Gasteiger partial charge in [-0.05, 0) is 18.2 Å². The van der Waals surface area contributed by atoms with Crippen LogP contribution in [0.3, 0.4) is 0 Å². The lowest BCUT2D eigenvalue weighted by Crippen LogP contribution is -2.10. The fraction of sp³-hybridized carbons (Fsp3) is 0.300. The summed E-state index contributed by atoms with van der Waals surface area (Å²) in [5.74, 6) is 0.268. The topological polar surface area (TPSA) is 59.0 Å². The zero-order valence-corrected chi connectivity index (χ0v) is 12.1. The van der Waals surface area contributed by atoms with E-state index in [1.54, 1.807) is 31.1 Å². The smallest absolute Gasteiger partial charge is 0.287 e. The third-order valence-electron chi connectivity index (χ3n) is 1.82. The van der Waals surface area contributed by atoms with Crippen LogP contribution < -0.4 is 4.74 Å². The van der Waals surface area contributed by atoms with Crippen molar-refractivity contribution < 1.29 is 13.2 Å². The Morgan fingerprint density at radius 2 is 2.06 bits per heavy atom. The Kier molecular flexibility index (Phi) is 4.53. The molecular formula is C10H13BrN2O3S. The third kappa shape index (κ3) is 3.71. The second-order valence-corrected chi connectivity index (χ2v) is 5.97. The maximum Gasteiger partial charge on any atom is 0.287 e. The van der Waals surface area contributed by atoms with Crippen molar-refractivity contribution in [2.75, 3.05) is 21.2 Å². The lowest BCUT2D eigenvalue weighted by atomic mass is 10.3. The number of hydrogen-bond acceptors (Lipinski definition) is 3. The van der Waals surface area contributed by atoms with Gasteiger partial charge in [0, 0.05) is 18.6 Å². The number of halogens is 1. The molecule has 0 atom stereocenters. The summed E-state index contributed by atoms with van der Waals surface area (Å²) in [5.41, 5.74) is 0. The average molecular weight is 321 g/mol. The van der Waals surface area contributed by atoms with Crippen LogP contribution >= 0.6 is 15.9 Å². The van der Waals surface area contributed by atoms with Gasteiger partial charge in [0.2, 0.25) is 0 Å². The molecule has 0 aliphatic carbocycles. The molecule has 0 N–H and O–H groups in total. The lowest BCUT2D eigenvalue weighted by Gasteiger charge is -2.08.